The van der Waals surface area contributed by atoms with E-state index in [0.29, 0.717) is 42.2 Å². The molecule has 0 radical (unpaired) electrons. The van der Waals surface area contributed by atoms with E-state index in [0.717, 1.165) is 17.7 Å². The van der Waals surface area contributed by atoms with Crippen molar-refractivity contribution in [3.63, 3.8) is 0 Å². The van der Waals surface area contributed by atoms with Gasteiger partial charge in [0.15, 0.2) is 23.2 Å². The standard InChI is InChI=1S/C18H26N4O3/c1-12(2)15-10-14(25-22-15)11-21-18(19)20-8-7-13-5-6-16(23-3)17(9-13)24-4/h5-6,9-10,12H,7-8,11H2,1-4H3,(H3,19,20,21). The molecule has 25 heavy (non-hydrogen) atoms. The molecule has 7 heteroatoms. The van der Waals surface area contributed by atoms with Gasteiger partial charge >= 0.3 is 0 Å². The monoisotopic (exact) mass is 346 g/mol. The Kier molecular flexibility index (Phi) is 6.68. The second-order valence-corrected chi connectivity index (χ2v) is 5.94. The predicted octanol–water partition coefficient (Wildman–Crippen LogP) is 2.46. The zero-order valence-electron chi connectivity index (χ0n) is 15.2. The van der Waals surface area contributed by atoms with Gasteiger partial charge in [-0.1, -0.05) is 25.1 Å². The Balaban J connectivity index is 1.82. The van der Waals surface area contributed by atoms with Crippen molar-refractivity contribution in [1.29, 1.82) is 0 Å². The van der Waals surface area contributed by atoms with Gasteiger partial charge in [-0.25, -0.2) is 4.99 Å². The van der Waals surface area contributed by atoms with E-state index in [4.69, 9.17) is 19.7 Å². The first-order chi connectivity index (χ1) is 12.0. The van der Waals surface area contributed by atoms with E-state index in [9.17, 15) is 0 Å². The van der Waals surface area contributed by atoms with Gasteiger partial charge in [0, 0.05) is 12.6 Å². The lowest BCUT2D eigenvalue weighted by molar-refractivity contribution is 0.354. The second-order valence-electron chi connectivity index (χ2n) is 5.94. The fourth-order valence-corrected chi connectivity index (χ4v) is 2.27. The van der Waals surface area contributed by atoms with Crippen LogP contribution in [0.5, 0.6) is 11.5 Å². The number of nitrogens with zero attached hydrogens (tertiary/aromatic N) is 2. The number of nitrogens with two attached hydrogens (primary N) is 1. The van der Waals surface area contributed by atoms with Gasteiger partial charge in [0.25, 0.3) is 0 Å². The fraction of sp³-hybridized carbons (Fsp3) is 0.444. The van der Waals surface area contributed by atoms with Gasteiger partial charge in [-0.05, 0) is 30.0 Å². The smallest absolute Gasteiger partial charge is 0.189 e. The zero-order chi connectivity index (χ0) is 18.2. The van der Waals surface area contributed by atoms with E-state index in [2.05, 4.69) is 29.3 Å². The van der Waals surface area contributed by atoms with Crippen molar-refractivity contribution in [2.75, 3.05) is 20.8 Å². The van der Waals surface area contributed by atoms with Crippen molar-refractivity contribution in [3.05, 3.63) is 41.3 Å². The molecule has 1 aromatic heterocycles. The topological polar surface area (TPSA) is 94.9 Å². The molecule has 0 unspecified atom stereocenters. The van der Waals surface area contributed by atoms with Crippen LogP contribution in [0, 0.1) is 0 Å². The predicted molar refractivity (Wildman–Crippen MR) is 97.2 cm³/mol. The third-order valence-corrected chi connectivity index (χ3v) is 3.74. The Bertz CT molecular complexity index is 710. The van der Waals surface area contributed by atoms with Gasteiger partial charge in [0.2, 0.25) is 0 Å². The van der Waals surface area contributed by atoms with Crippen LogP contribution in [0.4, 0.5) is 0 Å². The third kappa shape index (κ3) is 5.41. The van der Waals surface area contributed by atoms with Crippen molar-refractivity contribution in [2.24, 2.45) is 10.7 Å². The summed E-state index contributed by atoms with van der Waals surface area (Å²) < 4.78 is 15.8. The molecular weight excluding hydrogens is 320 g/mol. The van der Waals surface area contributed by atoms with E-state index in [1.807, 2.05) is 24.3 Å². The lowest BCUT2D eigenvalue weighted by Crippen LogP contribution is -2.33. The molecule has 2 rings (SSSR count). The van der Waals surface area contributed by atoms with Gasteiger partial charge in [0.1, 0.15) is 6.54 Å². The highest BCUT2D eigenvalue weighted by Crippen LogP contribution is 2.27. The van der Waals surface area contributed by atoms with E-state index >= 15 is 0 Å². The highest BCUT2D eigenvalue weighted by Gasteiger charge is 2.07. The van der Waals surface area contributed by atoms with E-state index in [1.165, 1.54) is 0 Å². The number of nitrogens with one attached hydrogen (secondary N) is 1. The number of guanidine groups is 1. The van der Waals surface area contributed by atoms with Crippen molar-refractivity contribution in [1.82, 2.24) is 10.5 Å². The van der Waals surface area contributed by atoms with Gasteiger partial charge in [0.05, 0.1) is 19.9 Å². The first-order valence-corrected chi connectivity index (χ1v) is 8.23. The van der Waals surface area contributed by atoms with Crippen LogP contribution in [0.1, 0.15) is 36.8 Å². The van der Waals surface area contributed by atoms with Crippen LogP contribution in [0.2, 0.25) is 0 Å². The summed E-state index contributed by atoms with van der Waals surface area (Å²) in [6.45, 7) is 5.16. The number of ether oxygens (including phenoxy) is 2. The Morgan fingerprint density at radius 3 is 2.64 bits per heavy atom. The molecular formula is C18H26N4O3. The number of hydrogen-bond acceptors (Lipinski definition) is 5. The summed E-state index contributed by atoms with van der Waals surface area (Å²) >= 11 is 0. The van der Waals surface area contributed by atoms with Crippen LogP contribution in [0.15, 0.2) is 33.8 Å². The Hall–Kier alpha value is -2.70. The molecule has 2 aromatic rings. The third-order valence-electron chi connectivity index (χ3n) is 3.74. The number of aromatic nitrogens is 1. The largest absolute Gasteiger partial charge is 0.493 e. The quantitative estimate of drug-likeness (QED) is 0.563. The highest BCUT2D eigenvalue weighted by molar-refractivity contribution is 5.77. The molecule has 0 bridgehead atoms. The average Bonchev–Trinajstić information content (AvgIpc) is 3.09. The van der Waals surface area contributed by atoms with Crippen LogP contribution in [-0.2, 0) is 13.0 Å². The van der Waals surface area contributed by atoms with Crippen LogP contribution < -0.4 is 20.5 Å². The molecule has 0 amide bonds. The lowest BCUT2D eigenvalue weighted by atomic mass is 10.1. The Morgan fingerprint density at radius 2 is 2.00 bits per heavy atom. The van der Waals surface area contributed by atoms with E-state index in [1.54, 1.807) is 14.2 Å². The van der Waals surface area contributed by atoms with E-state index in [-0.39, 0.29) is 0 Å². The summed E-state index contributed by atoms with van der Waals surface area (Å²) in [5.41, 5.74) is 7.93. The number of methoxy groups -OCH3 is 2. The fourth-order valence-electron chi connectivity index (χ4n) is 2.27. The molecule has 0 saturated carbocycles. The maximum absolute atomic E-state index is 5.89. The summed E-state index contributed by atoms with van der Waals surface area (Å²) in [7, 11) is 3.24. The second kappa shape index (κ2) is 8.96. The first-order valence-electron chi connectivity index (χ1n) is 8.23. The molecule has 7 nitrogen and oxygen atoms in total. The van der Waals surface area contributed by atoms with Gasteiger partial charge < -0.3 is 25.0 Å². The van der Waals surface area contributed by atoms with Crippen molar-refractivity contribution < 1.29 is 14.0 Å². The summed E-state index contributed by atoms with van der Waals surface area (Å²) in [4.78, 5) is 4.26. The van der Waals surface area contributed by atoms with Crippen LogP contribution >= 0.6 is 0 Å². The molecule has 3 N–H and O–H groups in total. The van der Waals surface area contributed by atoms with Gasteiger partial charge in [-0.15, -0.1) is 0 Å². The molecule has 0 aliphatic heterocycles. The molecule has 0 aliphatic rings. The minimum atomic E-state index is 0.332. The molecule has 0 aliphatic carbocycles. The summed E-state index contributed by atoms with van der Waals surface area (Å²) in [5, 5.41) is 7.09. The first kappa shape index (κ1) is 18.6. The van der Waals surface area contributed by atoms with Crippen LogP contribution in [-0.4, -0.2) is 31.9 Å². The highest BCUT2D eigenvalue weighted by atomic mass is 16.5. The lowest BCUT2D eigenvalue weighted by Gasteiger charge is -2.10. The molecule has 0 saturated heterocycles. The van der Waals surface area contributed by atoms with Crippen LogP contribution in [0.25, 0.3) is 0 Å². The minimum Gasteiger partial charge on any atom is -0.493 e. The summed E-state index contributed by atoms with van der Waals surface area (Å²) in [5.74, 6) is 2.84. The molecule has 0 atom stereocenters. The van der Waals surface area contributed by atoms with Crippen molar-refractivity contribution >= 4 is 5.96 Å². The minimum absolute atomic E-state index is 0.332. The van der Waals surface area contributed by atoms with Gasteiger partial charge in [-0.3, -0.25) is 0 Å². The average molecular weight is 346 g/mol. The molecule has 0 fully saturated rings. The van der Waals surface area contributed by atoms with Gasteiger partial charge in [-0.2, -0.15) is 0 Å². The normalized spacial score (nSPS) is 11.6. The van der Waals surface area contributed by atoms with Crippen LogP contribution in [0.3, 0.4) is 0 Å². The van der Waals surface area contributed by atoms with Crippen molar-refractivity contribution in [2.45, 2.75) is 32.7 Å². The number of hydrogen-bond donors (Lipinski definition) is 2. The zero-order valence-corrected chi connectivity index (χ0v) is 15.2. The molecule has 136 valence electrons. The number of benzene rings is 1. The molecule has 1 aromatic carbocycles. The van der Waals surface area contributed by atoms with Crippen molar-refractivity contribution in [3.8, 4) is 11.5 Å². The van der Waals surface area contributed by atoms with E-state index < -0.39 is 0 Å². The maximum atomic E-state index is 5.89. The summed E-state index contributed by atoms with van der Waals surface area (Å²) in [6.07, 6.45) is 0.788. The summed E-state index contributed by atoms with van der Waals surface area (Å²) in [6, 6.07) is 7.75. The molecule has 0 spiro atoms. The number of rotatable bonds is 8. The Morgan fingerprint density at radius 1 is 1.24 bits per heavy atom. The SMILES string of the molecule is COc1ccc(CCNC(N)=NCc2cc(C(C)C)no2)cc1OC. The maximum Gasteiger partial charge on any atom is 0.189 e. The molecule has 1 heterocycles. The number of aliphatic imine (C=N–C) groups is 1. The Labute approximate surface area is 148 Å².